The molecule has 0 aromatic heterocycles. The van der Waals surface area contributed by atoms with Crippen LogP contribution in [0.1, 0.15) is 0 Å². The molecule has 3 rings (SSSR count). The van der Waals surface area contributed by atoms with Crippen LogP contribution in [0.3, 0.4) is 0 Å². The molecule has 1 aromatic rings. The molecular formula is C15H15NO5. The minimum absolute atomic E-state index is 0.354. The largest absolute Gasteiger partial charge is 0.497 e. The second-order valence-electron chi connectivity index (χ2n) is 5.06. The van der Waals surface area contributed by atoms with E-state index in [-0.39, 0.29) is 5.91 Å². The Balaban J connectivity index is 1.78. The molecule has 6 nitrogen and oxygen atoms in total. The minimum Gasteiger partial charge on any atom is -0.497 e. The van der Waals surface area contributed by atoms with E-state index >= 15 is 0 Å². The molecule has 0 radical (unpaired) electrons. The van der Waals surface area contributed by atoms with Gasteiger partial charge in [0.25, 0.3) is 0 Å². The summed E-state index contributed by atoms with van der Waals surface area (Å²) in [5.41, 5.74) is 0.565. The first-order valence-corrected chi connectivity index (χ1v) is 6.61. The number of hydrogen-bond acceptors (Lipinski definition) is 4. The highest BCUT2D eigenvalue weighted by Crippen LogP contribution is 2.39. The molecule has 1 saturated heterocycles. The maximum atomic E-state index is 12.4. The predicted octanol–water partition coefficient (Wildman–Crippen LogP) is 1.29. The number of carboxylic acid groups (broad SMARTS) is 1. The first kappa shape index (κ1) is 13.6. The van der Waals surface area contributed by atoms with Crippen LogP contribution in [0.25, 0.3) is 0 Å². The van der Waals surface area contributed by atoms with Crippen LogP contribution in [0.5, 0.6) is 5.75 Å². The van der Waals surface area contributed by atoms with Crippen LogP contribution >= 0.6 is 0 Å². The van der Waals surface area contributed by atoms with E-state index in [0.29, 0.717) is 11.4 Å². The van der Waals surface area contributed by atoms with Gasteiger partial charge in [-0.3, -0.25) is 9.59 Å². The maximum absolute atomic E-state index is 12.4. The van der Waals surface area contributed by atoms with Crippen molar-refractivity contribution in [3.8, 4) is 5.75 Å². The molecular weight excluding hydrogens is 274 g/mol. The lowest BCUT2D eigenvalue weighted by Gasteiger charge is -2.21. The van der Waals surface area contributed by atoms with Crippen LogP contribution in [0.2, 0.25) is 0 Å². The minimum atomic E-state index is -1.02. The molecule has 2 bridgehead atoms. The second kappa shape index (κ2) is 5.21. The van der Waals surface area contributed by atoms with Gasteiger partial charge >= 0.3 is 5.97 Å². The van der Waals surface area contributed by atoms with Gasteiger partial charge in [0.05, 0.1) is 25.2 Å². The third-order valence-corrected chi connectivity index (χ3v) is 3.82. The van der Waals surface area contributed by atoms with Crippen LogP contribution in [0.4, 0.5) is 5.69 Å². The van der Waals surface area contributed by atoms with Gasteiger partial charge in [0.2, 0.25) is 5.91 Å². The van der Waals surface area contributed by atoms with E-state index in [1.165, 1.54) is 7.11 Å². The summed E-state index contributed by atoms with van der Waals surface area (Å²) >= 11 is 0. The monoisotopic (exact) mass is 289 g/mol. The van der Waals surface area contributed by atoms with Gasteiger partial charge < -0.3 is 19.9 Å². The SMILES string of the molecule is COc1cccc(NC(=O)[C@@H]2[C@@H](C(=O)O)[C@H]3C=C[C@H]2O3)c1. The molecule has 110 valence electrons. The van der Waals surface area contributed by atoms with Crippen molar-refractivity contribution in [2.75, 3.05) is 12.4 Å². The number of carbonyl (C=O) groups is 2. The lowest BCUT2D eigenvalue weighted by atomic mass is 9.82. The highest BCUT2D eigenvalue weighted by molar-refractivity contribution is 5.96. The lowest BCUT2D eigenvalue weighted by molar-refractivity contribution is -0.145. The van der Waals surface area contributed by atoms with Gasteiger partial charge in [0.1, 0.15) is 11.7 Å². The van der Waals surface area contributed by atoms with Gasteiger partial charge in [0.15, 0.2) is 0 Å². The average Bonchev–Trinajstić information content (AvgIpc) is 3.07. The molecule has 4 atom stereocenters. The Labute approximate surface area is 121 Å². The molecule has 2 heterocycles. The van der Waals surface area contributed by atoms with Crippen molar-refractivity contribution in [2.24, 2.45) is 11.8 Å². The van der Waals surface area contributed by atoms with Crippen LogP contribution < -0.4 is 10.1 Å². The van der Waals surface area contributed by atoms with E-state index in [1.807, 2.05) is 0 Å². The highest BCUT2D eigenvalue weighted by atomic mass is 16.5. The fourth-order valence-electron chi connectivity index (χ4n) is 2.84. The summed E-state index contributed by atoms with van der Waals surface area (Å²) in [4.78, 5) is 23.7. The first-order valence-electron chi connectivity index (χ1n) is 6.61. The van der Waals surface area contributed by atoms with Crippen LogP contribution in [0, 0.1) is 11.8 Å². The molecule has 0 aliphatic carbocycles. The number of carboxylic acids is 1. The van der Waals surface area contributed by atoms with Crippen molar-refractivity contribution in [1.82, 2.24) is 0 Å². The van der Waals surface area contributed by atoms with Crippen molar-refractivity contribution < 1.29 is 24.2 Å². The smallest absolute Gasteiger partial charge is 0.310 e. The Morgan fingerprint density at radius 3 is 2.62 bits per heavy atom. The predicted molar refractivity (Wildman–Crippen MR) is 74.0 cm³/mol. The summed E-state index contributed by atoms with van der Waals surface area (Å²) in [5.74, 6) is -2.31. The van der Waals surface area contributed by atoms with Gasteiger partial charge in [-0.1, -0.05) is 18.2 Å². The molecule has 2 aliphatic heterocycles. The van der Waals surface area contributed by atoms with E-state index in [2.05, 4.69) is 5.32 Å². The van der Waals surface area contributed by atoms with Gasteiger partial charge in [-0.05, 0) is 12.1 Å². The number of fused-ring (bicyclic) bond motifs is 2. The normalized spacial score (nSPS) is 29.4. The first-order chi connectivity index (χ1) is 10.1. The summed E-state index contributed by atoms with van der Waals surface area (Å²) in [6.45, 7) is 0. The molecule has 0 unspecified atom stereocenters. The third kappa shape index (κ3) is 2.38. The number of ether oxygens (including phenoxy) is 2. The Kier molecular flexibility index (Phi) is 3.39. The van der Waals surface area contributed by atoms with E-state index < -0.39 is 30.0 Å². The van der Waals surface area contributed by atoms with Gasteiger partial charge in [-0.2, -0.15) is 0 Å². The number of carbonyl (C=O) groups excluding carboxylic acids is 1. The van der Waals surface area contributed by atoms with E-state index in [9.17, 15) is 14.7 Å². The van der Waals surface area contributed by atoms with Crippen molar-refractivity contribution in [3.63, 3.8) is 0 Å². The molecule has 0 saturated carbocycles. The zero-order chi connectivity index (χ0) is 15.0. The molecule has 1 fully saturated rings. The summed E-state index contributed by atoms with van der Waals surface area (Å²) in [6.07, 6.45) is 2.47. The average molecular weight is 289 g/mol. The fourth-order valence-corrected chi connectivity index (χ4v) is 2.84. The molecule has 2 aliphatic rings. The third-order valence-electron chi connectivity index (χ3n) is 3.82. The van der Waals surface area contributed by atoms with E-state index in [4.69, 9.17) is 9.47 Å². The Hall–Kier alpha value is -2.34. The molecule has 2 N–H and O–H groups in total. The Bertz CT molecular complexity index is 612. The fraction of sp³-hybridized carbons (Fsp3) is 0.333. The van der Waals surface area contributed by atoms with Crippen molar-refractivity contribution >= 4 is 17.6 Å². The van der Waals surface area contributed by atoms with E-state index in [0.717, 1.165) is 0 Å². The molecule has 0 spiro atoms. The van der Waals surface area contributed by atoms with Crippen molar-refractivity contribution in [2.45, 2.75) is 12.2 Å². The summed E-state index contributed by atoms with van der Waals surface area (Å²) in [7, 11) is 1.54. The quantitative estimate of drug-likeness (QED) is 0.816. The number of methoxy groups -OCH3 is 1. The summed E-state index contributed by atoms with van der Waals surface area (Å²) in [5, 5.41) is 12.0. The number of benzene rings is 1. The van der Waals surface area contributed by atoms with Crippen molar-refractivity contribution in [3.05, 3.63) is 36.4 Å². The maximum Gasteiger partial charge on any atom is 0.310 e. The standard InChI is InChI=1S/C15H15NO5/c1-20-9-4-2-3-8(7-9)16-14(17)12-10-5-6-11(21-10)13(12)15(18)19/h2-7,10-13H,1H3,(H,16,17)(H,18,19)/t10-,11-,12+,13+/m1/s1. The zero-order valence-electron chi connectivity index (χ0n) is 11.4. The highest BCUT2D eigenvalue weighted by Gasteiger charge is 2.53. The topological polar surface area (TPSA) is 84.9 Å². The molecule has 1 amide bonds. The number of rotatable bonds is 4. The van der Waals surface area contributed by atoms with Crippen LogP contribution in [-0.4, -0.2) is 36.3 Å². The lowest BCUT2D eigenvalue weighted by Crippen LogP contribution is -2.39. The number of hydrogen-bond donors (Lipinski definition) is 2. The summed E-state index contributed by atoms with van der Waals surface area (Å²) < 4.78 is 10.6. The Morgan fingerprint density at radius 2 is 1.95 bits per heavy atom. The van der Waals surface area contributed by atoms with Crippen molar-refractivity contribution in [1.29, 1.82) is 0 Å². The molecule has 6 heteroatoms. The molecule has 21 heavy (non-hydrogen) atoms. The summed E-state index contributed by atoms with van der Waals surface area (Å²) in [6, 6.07) is 6.91. The van der Waals surface area contributed by atoms with Crippen LogP contribution in [-0.2, 0) is 14.3 Å². The van der Waals surface area contributed by atoms with Gasteiger partial charge in [-0.25, -0.2) is 0 Å². The number of amides is 1. The van der Waals surface area contributed by atoms with Crippen LogP contribution in [0.15, 0.2) is 36.4 Å². The number of aliphatic carboxylic acids is 1. The zero-order valence-corrected chi connectivity index (χ0v) is 11.4. The van der Waals surface area contributed by atoms with E-state index in [1.54, 1.807) is 36.4 Å². The number of nitrogens with one attached hydrogen (secondary N) is 1. The molecule has 1 aromatic carbocycles. The second-order valence-corrected chi connectivity index (χ2v) is 5.06. The Morgan fingerprint density at radius 1 is 1.24 bits per heavy atom. The van der Waals surface area contributed by atoms with Gasteiger partial charge in [-0.15, -0.1) is 0 Å². The number of anilines is 1. The van der Waals surface area contributed by atoms with Gasteiger partial charge in [0, 0.05) is 11.8 Å².